The van der Waals surface area contributed by atoms with Gasteiger partial charge in [0.25, 0.3) is 0 Å². The Balaban J connectivity index is 0.00000420. The zero-order valence-corrected chi connectivity index (χ0v) is 20.2. The normalized spacial score (nSPS) is 13.9. The largest absolute Gasteiger partial charge is 0.381 e. The molecule has 0 bridgehead atoms. The minimum absolute atomic E-state index is 0. The summed E-state index contributed by atoms with van der Waals surface area (Å²) in [6.07, 6.45) is 6.43. The van der Waals surface area contributed by atoms with Crippen LogP contribution < -0.4 is 16.0 Å². The summed E-state index contributed by atoms with van der Waals surface area (Å²) in [5, 5.41) is 9.64. The van der Waals surface area contributed by atoms with Crippen LogP contribution in [-0.2, 0) is 16.1 Å². The number of ether oxygens (including phenoxy) is 1. The average Bonchev–Trinajstić information content (AvgIpc) is 2.64. The molecule has 0 radical (unpaired) electrons. The van der Waals surface area contributed by atoms with Gasteiger partial charge in [-0.05, 0) is 50.3 Å². The van der Waals surface area contributed by atoms with Crippen LogP contribution in [0.5, 0.6) is 0 Å². The highest BCUT2D eigenvalue weighted by atomic mass is 127. The number of nitrogens with zero attached hydrogens (tertiary/aromatic N) is 1. The predicted octanol–water partition coefficient (Wildman–Crippen LogP) is 4.31. The Kier molecular flexibility index (Phi) is 13.7. The van der Waals surface area contributed by atoms with Crippen LogP contribution in [0.4, 0.5) is 5.69 Å². The van der Waals surface area contributed by atoms with E-state index in [1.54, 1.807) is 0 Å². The number of nitrogens with one attached hydrogen (secondary N) is 3. The summed E-state index contributed by atoms with van der Waals surface area (Å²) in [5.41, 5.74) is 1.93. The number of halogens is 1. The molecule has 1 amide bonds. The Morgan fingerprint density at radius 2 is 1.97 bits per heavy atom. The van der Waals surface area contributed by atoms with Gasteiger partial charge in [-0.15, -0.1) is 24.0 Å². The van der Waals surface area contributed by atoms with Crippen LogP contribution in [0.3, 0.4) is 0 Å². The van der Waals surface area contributed by atoms with Crippen molar-refractivity contribution in [3.05, 3.63) is 29.8 Å². The molecular weight excluding hydrogens is 479 g/mol. The molecule has 3 N–H and O–H groups in total. The molecule has 6 nitrogen and oxygen atoms in total. The van der Waals surface area contributed by atoms with Gasteiger partial charge < -0.3 is 20.7 Å². The highest BCUT2D eigenvalue weighted by Crippen LogP contribution is 2.27. The Morgan fingerprint density at radius 1 is 1.17 bits per heavy atom. The lowest BCUT2D eigenvalue weighted by molar-refractivity contribution is -0.122. The van der Waals surface area contributed by atoms with Gasteiger partial charge in [-0.2, -0.15) is 0 Å². The molecule has 1 saturated carbocycles. The van der Waals surface area contributed by atoms with Gasteiger partial charge in [-0.25, -0.2) is 4.99 Å². The van der Waals surface area contributed by atoms with Crippen molar-refractivity contribution >= 4 is 41.5 Å². The molecule has 0 heterocycles. The topological polar surface area (TPSA) is 74.8 Å². The van der Waals surface area contributed by atoms with Crippen molar-refractivity contribution in [2.75, 3.05) is 31.6 Å². The molecule has 1 fully saturated rings. The average molecular weight is 516 g/mol. The van der Waals surface area contributed by atoms with Gasteiger partial charge in [-0.3, -0.25) is 4.79 Å². The third kappa shape index (κ3) is 10.3. The van der Waals surface area contributed by atoms with Gasteiger partial charge in [0.05, 0.1) is 6.54 Å². The number of guanidine groups is 1. The zero-order chi connectivity index (χ0) is 20.0. The summed E-state index contributed by atoms with van der Waals surface area (Å²) in [5.74, 6) is 1.14. The summed E-state index contributed by atoms with van der Waals surface area (Å²) in [4.78, 5) is 16.8. The number of anilines is 1. The van der Waals surface area contributed by atoms with Crippen molar-refractivity contribution in [3.8, 4) is 0 Å². The maximum atomic E-state index is 12.1. The van der Waals surface area contributed by atoms with Crippen LogP contribution in [-0.4, -0.2) is 38.2 Å². The number of benzene rings is 1. The first-order chi connectivity index (χ1) is 13.7. The lowest BCUT2D eigenvalue weighted by Gasteiger charge is -2.24. The van der Waals surface area contributed by atoms with Crippen LogP contribution in [0.15, 0.2) is 29.3 Å². The van der Waals surface area contributed by atoms with Crippen LogP contribution >= 0.6 is 24.0 Å². The molecule has 0 aliphatic heterocycles. The molecule has 164 valence electrons. The number of carbonyl (C=O) groups is 1. The number of carbonyl (C=O) groups excluding carboxylic acids is 1. The van der Waals surface area contributed by atoms with E-state index in [1.165, 1.54) is 6.42 Å². The molecule has 1 aliphatic rings. The fourth-order valence-corrected chi connectivity index (χ4v) is 2.90. The number of rotatable bonds is 12. The van der Waals surface area contributed by atoms with E-state index >= 15 is 0 Å². The molecule has 0 saturated heterocycles. The first-order valence-corrected chi connectivity index (χ1v) is 10.7. The fraction of sp³-hybridized carbons (Fsp3) is 0.636. The summed E-state index contributed by atoms with van der Waals surface area (Å²) >= 11 is 0. The monoisotopic (exact) mass is 516 g/mol. The molecule has 2 rings (SSSR count). The third-order valence-corrected chi connectivity index (χ3v) is 4.83. The second-order valence-corrected chi connectivity index (χ2v) is 7.26. The van der Waals surface area contributed by atoms with E-state index in [9.17, 15) is 4.79 Å². The van der Waals surface area contributed by atoms with E-state index in [4.69, 9.17) is 4.74 Å². The van der Waals surface area contributed by atoms with Crippen LogP contribution in [0, 0.1) is 5.92 Å². The zero-order valence-electron chi connectivity index (χ0n) is 17.8. The van der Waals surface area contributed by atoms with Gasteiger partial charge in [0.15, 0.2) is 5.96 Å². The summed E-state index contributed by atoms with van der Waals surface area (Å²) in [6.45, 7) is 8.05. The summed E-state index contributed by atoms with van der Waals surface area (Å²) < 4.78 is 5.58. The van der Waals surface area contributed by atoms with Crippen LogP contribution in [0.1, 0.15) is 57.9 Å². The van der Waals surface area contributed by atoms with Crippen molar-refractivity contribution in [2.45, 2.75) is 58.9 Å². The van der Waals surface area contributed by atoms with Crippen molar-refractivity contribution < 1.29 is 9.53 Å². The number of unbranched alkanes of at least 4 members (excludes halogenated alkanes) is 1. The van der Waals surface area contributed by atoms with E-state index < -0.39 is 0 Å². The van der Waals surface area contributed by atoms with Crippen LogP contribution in [0.2, 0.25) is 0 Å². The third-order valence-electron chi connectivity index (χ3n) is 4.83. The molecule has 1 aromatic rings. The Morgan fingerprint density at radius 3 is 2.66 bits per heavy atom. The van der Waals surface area contributed by atoms with Crippen molar-refractivity contribution in [1.29, 1.82) is 0 Å². The van der Waals surface area contributed by atoms with Crippen LogP contribution in [0.25, 0.3) is 0 Å². The van der Waals surface area contributed by atoms with Crippen molar-refractivity contribution in [1.82, 2.24) is 10.6 Å². The number of hydrogen-bond acceptors (Lipinski definition) is 3. The second-order valence-electron chi connectivity index (χ2n) is 7.26. The maximum absolute atomic E-state index is 12.1. The fourth-order valence-electron chi connectivity index (χ4n) is 2.90. The highest BCUT2D eigenvalue weighted by Gasteiger charge is 2.25. The maximum Gasteiger partial charge on any atom is 0.227 e. The SMILES string of the molecule is CCCCOCCCNC(=NCc1cccc(NC(=O)C2CCC2)c1)NCC.I. The molecule has 29 heavy (non-hydrogen) atoms. The quantitative estimate of drug-likeness (QED) is 0.168. The molecule has 7 heteroatoms. The van der Waals surface area contributed by atoms with E-state index in [2.05, 4.69) is 34.8 Å². The predicted molar refractivity (Wildman–Crippen MR) is 131 cm³/mol. The van der Waals surface area contributed by atoms with Crippen molar-refractivity contribution in [2.24, 2.45) is 10.9 Å². The summed E-state index contributed by atoms with van der Waals surface area (Å²) in [7, 11) is 0. The smallest absolute Gasteiger partial charge is 0.227 e. The number of hydrogen-bond donors (Lipinski definition) is 3. The second kappa shape index (κ2) is 15.5. The molecule has 1 aliphatic carbocycles. The van der Waals surface area contributed by atoms with Crippen molar-refractivity contribution in [3.63, 3.8) is 0 Å². The lowest BCUT2D eigenvalue weighted by Crippen LogP contribution is -2.38. The Bertz CT molecular complexity index is 621. The standard InChI is InChI=1S/C22H36N4O2.HI/c1-3-5-14-28-15-8-13-24-22(23-4-2)25-17-18-9-6-12-20(16-18)26-21(27)19-10-7-11-19;/h6,9,12,16,19H,3-5,7-8,10-11,13-15,17H2,1-2H3,(H,26,27)(H2,23,24,25);1H. The van der Waals surface area contributed by atoms with Gasteiger partial charge in [0.1, 0.15) is 0 Å². The van der Waals surface area contributed by atoms with E-state index in [0.717, 1.165) is 75.6 Å². The molecule has 0 unspecified atom stereocenters. The Labute approximate surface area is 192 Å². The first kappa shape index (κ1) is 25.7. The van der Waals surface area contributed by atoms with E-state index in [-0.39, 0.29) is 35.8 Å². The minimum atomic E-state index is 0. The lowest BCUT2D eigenvalue weighted by atomic mass is 9.85. The molecule has 0 atom stereocenters. The van der Waals surface area contributed by atoms with Gasteiger partial charge in [-0.1, -0.05) is 31.9 Å². The first-order valence-electron chi connectivity index (χ1n) is 10.7. The number of aliphatic imine (C=N–C) groups is 1. The minimum Gasteiger partial charge on any atom is -0.381 e. The molecule has 1 aromatic carbocycles. The van der Waals surface area contributed by atoms with Gasteiger partial charge >= 0.3 is 0 Å². The van der Waals surface area contributed by atoms with Gasteiger partial charge in [0, 0.05) is 37.9 Å². The van der Waals surface area contributed by atoms with Gasteiger partial charge in [0.2, 0.25) is 5.91 Å². The molecule has 0 spiro atoms. The van der Waals surface area contributed by atoms with E-state index in [0.29, 0.717) is 6.54 Å². The molecular formula is C22H37IN4O2. The summed E-state index contributed by atoms with van der Waals surface area (Å²) in [6, 6.07) is 7.94. The van der Waals surface area contributed by atoms with E-state index in [1.807, 2.05) is 24.3 Å². The number of amides is 1. The Hall–Kier alpha value is -1.35. The highest BCUT2D eigenvalue weighted by molar-refractivity contribution is 14.0. The molecule has 0 aromatic heterocycles.